The molecule has 8 nitrogen and oxygen atoms in total. The molecule has 0 aliphatic carbocycles. The monoisotopic (exact) mass is 340 g/mol. The second-order valence-corrected chi connectivity index (χ2v) is 5.87. The van der Waals surface area contributed by atoms with Crippen LogP contribution in [0.5, 0.6) is 0 Å². The highest BCUT2D eigenvalue weighted by atomic mass is 16.5. The van der Waals surface area contributed by atoms with Gasteiger partial charge in [-0.3, -0.25) is 15.0 Å². The zero-order chi connectivity index (χ0) is 17.8. The average molecular weight is 340 g/mol. The number of nitrogens with one attached hydrogen (secondary N) is 1. The zero-order valence-corrected chi connectivity index (χ0v) is 14.4. The fourth-order valence-corrected chi connectivity index (χ4v) is 2.29. The van der Waals surface area contributed by atoms with Gasteiger partial charge in [0.05, 0.1) is 29.3 Å². The number of aryl methyl sites for hydroxylation is 1. The van der Waals surface area contributed by atoms with Crippen LogP contribution >= 0.6 is 0 Å². The van der Waals surface area contributed by atoms with Gasteiger partial charge in [-0.2, -0.15) is 15.0 Å². The molecule has 0 aliphatic heterocycles. The second kappa shape index (κ2) is 7.27. The first-order valence-corrected chi connectivity index (χ1v) is 7.94. The van der Waals surface area contributed by atoms with Crippen LogP contribution in [-0.4, -0.2) is 44.0 Å². The van der Waals surface area contributed by atoms with Gasteiger partial charge in [-0.25, -0.2) is 0 Å². The Hall–Kier alpha value is -3.00. The molecule has 0 saturated heterocycles. The van der Waals surface area contributed by atoms with Gasteiger partial charge in [0.15, 0.2) is 0 Å². The summed E-state index contributed by atoms with van der Waals surface area (Å²) in [7, 11) is 1.86. The summed E-state index contributed by atoms with van der Waals surface area (Å²) >= 11 is 0. The van der Waals surface area contributed by atoms with E-state index in [1.165, 1.54) is 0 Å². The normalized spacial score (nSPS) is 12.3. The van der Waals surface area contributed by atoms with Gasteiger partial charge < -0.3 is 4.52 Å². The van der Waals surface area contributed by atoms with Crippen molar-refractivity contribution in [2.75, 3.05) is 12.4 Å². The van der Waals surface area contributed by atoms with Crippen LogP contribution in [-0.2, 0) is 11.3 Å². The lowest BCUT2D eigenvalue weighted by atomic mass is 10.2. The molecular weight excluding hydrogens is 320 g/mol. The maximum Gasteiger partial charge on any atom is 0.243 e. The molecule has 0 spiro atoms. The summed E-state index contributed by atoms with van der Waals surface area (Å²) < 4.78 is 5.01. The summed E-state index contributed by atoms with van der Waals surface area (Å²) in [6, 6.07) is 11.0. The average Bonchev–Trinajstić information content (AvgIpc) is 3.24. The van der Waals surface area contributed by atoms with Crippen LogP contribution in [0, 0.1) is 6.92 Å². The van der Waals surface area contributed by atoms with Crippen LogP contribution in [0.15, 0.2) is 47.1 Å². The fourth-order valence-electron chi connectivity index (χ4n) is 2.29. The lowest BCUT2D eigenvalue weighted by Crippen LogP contribution is -2.39. The Morgan fingerprint density at radius 1 is 1.36 bits per heavy atom. The fraction of sp³-hybridized carbons (Fsp3) is 0.294. The van der Waals surface area contributed by atoms with Crippen molar-refractivity contribution in [1.82, 2.24) is 25.1 Å². The summed E-state index contributed by atoms with van der Waals surface area (Å²) in [5.41, 5.74) is 2.39. The molecule has 8 heteroatoms. The number of anilines is 1. The quantitative estimate of drug-likeness (QED) is 0.738. The van der Waals surface area contributed by atoms with E-state index in [0.29, 0.717) is 18.1 Å². The molecular formula is C17H20N6O2. The molecule has 3 rings (SSSR count). The van der Waals surface area contributed by atoms with Crippen LogP contribution in [0.1, 0.15) is 18.3 Å². The third-order valence-corrected chi connectivity index (χ3v) is 3.85. The minimum atomic E-state index is -0.368. The van der Waals surface area contributed by atoms with E-state index in [-0.39, 0.29) is 11.9 Å². The summed E-state index contributed by atoms with van der Waals surface area (Å²) in [5, 5.41) is 15.2. The van der Waals surface area contributed by atoms with Crippen molar-refractivity contribution in [2.24, 2.45) is 0 Å². The maximum absolute atomic E-state index is 12.3. The summed E-state index contributed by atoms with van der Waals surface area (Å²) in [4.78, 5) is 15.8. The third kappa shape index (κ3) is 4.10. The first-order valence-electron chi connectivity index (χ1n) is 7.94. The van der Waals surface area contributed by atoms with E-state index in [2.05, 4.69) is 20.7 Å². The van der Waals surface area contributed by atoms with Crippen molar-refractivity contribution in [1.29, 1.82) is 0 Å². The molecule has 1 amide bonds. The topological polar surface area (TPSA) is 89.1 Å². The van der Waals surface area contributed by atoms with E-state index in [9.17, 15) is 4.79 Å². The molecule has 130 valence electrons. The molecule has 0 bridgehead atoms. The van der Waals surface area contributed by atoms with E-state index in [0.717, 1.165) is 11.4 Å². The third-order valence-electron chi connectivity index (χ3n) is 3.85. The standard InChI is InChI=1S/C17H20N6O2/c1-12-9-16(25-21-12)19-17(24)13(2)22(3)11-14-10-18-23(20-14)15-7-5-4-6-8-15/h4-10,13H,11H2,1-3H3,(H,19,24). The number of para-hydroxylation sites is 1. The number of carbonyl (C=O) groups excluding carboxylic acids is 1. The molecule has 1 N–H and O–H groups in total. The molecule has 1 atom stereocenters. The van der Waals surface area contributed by atoms with Gasteiger partial charge in [0.25, 0.3) is 0 Å². The molecule has 0 saturated carbocycles. The SMILES string of the molecule is Cc1cc(NC(=O)C(C)N(C)Cc2cnn(-c3ccccc3)n2)on1. The Labute approximate surface area is 145 Å². The number of carbonyl (C=O) groups is 1. The summed E-state index contributed by atoms with van der Waals surface area (Å²) in [5.74, 6) is 0.173. The predicted molar refractivity (Wildman–Crippen MR) is 92.2 cm³/mol. The van der Waals surface area contributed by atoms with Gasteiger partial charge in [0.1, 0.15) is 0 Å². The minimum absolute atomic E-state index is 0.172. The van der Waals surface area contributed by atoms with Crippen molar-refractivity contribution in [2.45, 2.75) is 26.4 Å². The van der Waals surface area contributed by atoms with Crippen LogP contribution in [0.25, 0.3) is 5.69 Å². The first kappa shape index (κ1) is 16.8. The van der Waals surface area contributed by atoms with E-state index in [4.69, 9.17) is 4.52 Å². The van der Waals surface area contributed by atoms with E-state index < -0.39 is 0 Å². The number of nitrogens with zero attached hydrogens (tertiary/aromatic N) is 5. The van der Waals surface area contributed by atoms with Crippen molar-refractivity contribution in [3.8, 4) is 5.69 Å². The van der Waals surface area contributed by atoms with Crippen LogP contribution < -0.4 is 5.32 Å². The van der Waals surface area contributed by atoms with Crippen LogP contribution in [0.3, 0.4) is 0 Å². The molecule has 0 fully saturated rings. The molecule has 2 aromatic heterocycles. The van der Waals surface area contributed by atoms with Gasteiger partial charge in [0.2, 0.25) is 11.8 Å². The van der Waals surface area contributed by atoms with Crippen molar-refractivity contribution in [3.05, 3.63) is 54.0 Å². The smallest absolute Gasteiger partial charge is 0.243 e. The highest BCUT2D eigenvalue weighted by Gasteiger charge is 2.20. The number of hydrogen-bond acceptors (Lipinski definition) is 6. The van der Waals surface area contributed by atoms with Crippen molar-refractivity contribution >= 4 is 11.8 Å². The maximum atomic E-state index is 12.3. The Morgan fingerprint density at radius 2 is 2.12 bits per heavy atom. The molecule has 2 heterocycles. The van der Waals surface area contributed by atoms with Crippen LogP contribution in [0.4, 0.5) is 5.88 Å². The predicted octanol–water partition coefficient (Wildman–Crippen LogP) is 2.02. The number of amides is 1. The highest BCUT2D eigenvalue weighted by Crippen LogP contribution is 2.11. The van der Waals surface area contributed by atoms with Gasteiger partial charge in [-0.05, 0) is 33.0 Å². The Balaban J connectivity index is 1.60. The minimum Gasteiger partial charge on any atom is -0.338 e. The van der Waals surface area contributed by atoms with Crippen molar-refractivity contribution in [3.63, 3.8) is 0 Å². The summed E-state index contributed by atoms with van der Waals surface area (Å²) in [6.07, 6.45) is 1.70. The Kier molecular flexibility index (Phi) is 4.90. The van der Waals surface area contributed by atoms with Gasteiger partial charge >= 0.3 is 0 Å². The van der Waals surface area contributed by atoms with E-state index in [1.807, 2.05) is 49.2 Å². The Bertz CT molecular complexity index is 842. The lowest BCUT2D eigenvalue weighted by molar-refractivity contribution is -0.120. The van der Waals surface area contributed by atoms with Gasteiger partial charge in [-0.15, -0.1) is 0 Å². The van der Waals surface area contributed by atoms with Gasteiger partial charge in [-0.1, -0.05) is 23.4 Å². The number of rotatable bonds is 6. The molecule has 0 radical (unpaired) electrons. The Morgan fingerprint density at radius 3 is 2.80 bits per heavy atom. The lowest BCUT2D eigenvalue weighted by Gasteiger charge is -2.22. The molecule has 0 aliphatic rings. The molecule has 1 aromatic carbocycles. The summed E-state index contributed by atoms with van der Waals surface area (Å²) in [6.45, 7) is 4.11. The second-order valence-electron chi connectivity index (χ2n) is 5.87. The van der Waals surface area contributed by atoms with Crippen LogP contribution in [0.2, 0.25) is 0 Å². The zero-order valence-electron chi connectivity index (χ0n) is 14.4. The van der Waals surface area contributed by atoms with E-state index in [1.54, 1.807) is 24.0 Å². The van der Waals surface area contributed by atoms with Gasteiger partial charge in [0, 0.05) is 12.6 Å². The molecule has 1 unspecified atom stereocenters. The number of aromatic nitrogens is 4. The number of benzene rings is 1. The molecule has 3 aromatic rings. The largest absolute Gasteiger partial charge is 0.338 e. The first-order chi connectivity index (χ1) is 12.0. The number of likely N-dealkylation sites (N-methyl/N-ethyl adjacent to an activating group) is 1. The van der Waals surface area contributed by atoms with Crippen molar-refractivity contribution < 1.29 is 9.32 Å². The number of hydrogen-bond donors (Lipinski definition) is 1. The molecule has 25 heavy (non-hydrogen) atoms. The highest BCUT2D eigenvalue weighted by molar-refractivity contribution is 5.93. The van der Waals surface area contributed by atoms with E-state index >= 15 is 0 Å².